The van der Waals surface area contributed by atoms with Crippen LogP contribution in [-0.4, -0.2) is 19.3 Å². The summed E-state index contributed by atoms with van der Waals surface area (Å²) in [6.45, 7) is 17.0. The van der Waals surface area contributed by atoms with E-state index >= 15 is 0 Å². The van der Waals surface area contributed by atoms with Gasteiger partial charge in [-0.05, 0) is 49.4 Å². The molecule has 0 aliphatic rings. The highest BCUT2D eigenvalue weighted by Crippen LogP contribution is 2.33. The lowest BCUT2D eigenvalue weighted by Gasteiger charge is -2.37. The molecule has 1 rings (SSSR count). The van der Waals surface area contributed by atoms with Crippen LogP contribution < -0.4 is 5.32 Å². The van der Waals surface area contributed by atoms with Gasteiger partial charge in [0.2, 0.25) is 0 Å². The van der Waals surface area contributed by atoms with Gasteiger partial charge in [0.15, 0.2) is 0 Å². The minimum atomic E-state index is 0.0988. The molecule has 0 saturated heterocycles. The van der Waals surface area contributed by atoms with E-state index < -0.39 is 0 Å². The van der Waals surface area contributed by atoms with E-state index in [2.05, 4.69) is 72.0 Å². The van der Waals surface area contributed by atoms with Crippen molar-refractivity contribution in [2.45, 2.75) is 60.6 Å². The van der Waals surface area contributed by atoms with Crippen molar-refractivity contribution in [2.24, 2.45) is 5.41 Å². The van der Waals surface area contributed by atoms with E-state index in [9.17, 15) is 0 Å². The zero-order chi connectivity index (χ0) is 15.3. The molecule has 2 nitrogen and oxygen atoms in total. The predicted octanol–water partition coefficient (Wildman–Crippen LogP) is 4.41. The van der Waals surface area contributed by atoms with Gasteiger partial charge in [-0.3, -0.25) is 0 Å². The first-order valence-corrected chi connectivity index (χ1v) is 7.73. The van der Waals surface area contributed by atoms with Crippen molar-refractivity contribution in [1.29, 1.82) is 0 Å². The first kappa shape index (κ1) is 17.2. The maximum absolute atomic E-state index is 6.08. The molecule has 0 amide bonds. The molecule has 2 unspecified atom stereocenters. The van der Waals surface area contributed by atoms with Crippen molar-refractivity contribution in [3.05, 3.63) is 34.9 Å². The topological polar surface area (TPSA) is 21.3 Å². The van der Waals surface area contributed by atoms with Crippen molar-refractivity contribution in [2.75, 3.05) is 13.2 Å². The van der Waals surface area contributed by atoms with Gasteiger partial charge in [-0.15, -0.1) is 0 Å². The second-order valence-corrected chi connectivity index (χ2v) is 6.62. The highest BCUT2D eigenvalue weighted by Gasteiger charge is 2.33. The lowest BCUT2D eigenvalue weighted by molar-refractivity contribution is -0.0363. The normalized spacial score (nSPS) is 15.2. The summed E-state index contributed by atoms with van der Waals surface area (Å²) in [5, 5.41) is 3.61. The van der Waals surface area contributed by atoms with Crippen molar-refractivity contribution >= 4 is 0 Å². The van der Waals surface area contributed by atoms with Gasteiger partial charge in [-0.2, -0.15) is 0 Å². The zero-order valence-corrected chi connectivity index (χ0v) is 14.2. The van der Waals surface area contributed by atoms with Gasteiger partial charge in [0.05, 0.1) is 12.1 Å². The molecule has 1 aromatic rings. The van der Waals surface area contributed by atoms with Crippen LogP contribution in [0.3, 0.4) is 0 Å². The molecule has 20 heavy (non-hydrogen) atoms. The van der Waals surface area contributed by atoms with E-state index in [1.807, 2.05) is 0 Å². The smallest absolute Gasteiger partial charge is 0.0817 e. The van der Waals surface area contributed by atoms with E-state index in [0.717, 1.165) is 13.2 Å². The molecule has 0 aliphatic heterocycles. The van der Waals surface area contributed by atoms with E-state index in [1.165, 1.54) is 16.7 Å². The van der Waals surface area contributed by atoms with Crippen molar-refractivity contribution < 1.29 is 4.74 Å². The second kappa shape index (κ2) is 7.24. The number of ether oxygens (including phenoxy) is 1. The third-order valence-corrected chi connectivity index (χ3v) is 3.82. The Morgan fingerprint density at radius 2 is 1.75 bits per heavy atom. The Kier molecular flexibility index (Phi) is 6.22. The Bertz CT molecular complexity index is 420. The summed E-state index contributed by atoms with van der Waals surface area (Å²) in [7, 11) is 0. The molecular weight excluding hydrogens is 246 g/mol. The van der Waals surface area contributed by atoms with E-state index in [-0.39, 0.29) is 17.6 Å². The second-order valence-electron chi connectivity index (χ2n) is 6.62. The van der Waals surface area contributed by atoms with Gasteiger partial charge in [-0.25, -0.2) is 0 Å². The summed E-state index contributed by atoms with van der Waals surface area (Å²) in [4.78, 5) is 0. The zero-order valence-electron chi connectivity index (χ0n) is 14.2. The molecule has 1 aromatic carbocycles. The number of likely N-dealkylation sites (N-methyl/N-ethyl adjacent to an activating group) is 1. The van der Waals surface area contributed by atoms with Crippen LogP contribution in [0.1, 0.15) is 57.4 Å². The van der Waals surface area contributed by atoms with Gasteiger partial charge in [0, 0.05) is 6.61 Å². The van der Waals surface area contributed by atoms with Gasteiger partial charge in [0.1, 0.15) is 0 Å². The monoisotopic (exact) mass is 277 g/mol. The first-order valence-electron chi connectivity index (χ1n) is 7.73. The molecule has 2 atom stereocenters. The molecule has 0 spiro atoms. The summed E-state index contributed by atoms with van der Waals surface area (Å²) >= 11 is 0. The average molecular weight is 277 g/mol. The Morgan fingerprint density at radius 3 is 2.20 bits per heavy atom. The summed E-state index contributed by atoms with van der Waals surface area (Å²) in [5.41, 5.74) is 4.10. The van der Waals surface area contributed by atoms with Crippen molar-refractivity contribution in [3.8, 4) is 0 Å². The maximum atomic E-state index is 6.08. The Morgan fingerprint density at radius 1 is 1.10 bits per heavy atom. The van der Waals surface area contributed by atoms with Crippen molar-refractivity contribution in [1.82, 2.24) is 5.32 Å². The minimum absolute atomic E-state index is 0.0988. The predicted molar refractivity (Wildman–Crippen MR) is 87.2 cm³/mol. The number of benzene rings is 1. The fourth-order valence-electron chi connectivity index (χ4n) is 2.60. The summed E-state index contributed by atoms with van der Waals surface area (Å²) in [6, 6.07) is 6.97. The van der Waals surface area contributed by atoms with Crippen LogP contribution >= 0.6 is 0 Å². The number of hydrogen-bond acceptors (Lipinski definition) is 2. The third kappa shape index (κ3) is 4.32. The first-order chi connectivity index (χ1) is 9.31. The molecule has 0 bridgehead atoms. The molecule has 114 valence electrons. The quantitative estimate of drug-likeness (QED) is 0.832. The van der Waals surface area contributed by atoms with Crippen LogP contribution in [0.5, 0.6) is 0 Å². The highest BCUT2D eigenvalue weighted by molar-refractivity contribution is 5.32. The number of aryl methyl sites for hydroxylation is 2. The molecule has 0 aliphatic carbocycles. The van der Waals surface area contributed by atoms with Gasteiger partial charge in [0.25, 0.3) is 0 Å². The number of rotatable bonds is 6. The summed E-state index contributed by atoms with van der Waals surface area (Å²) in [5.74, 6) is 0. The fraction of sp³-hybridized carbons (Fsp3) is 0.667. The van der Waals surface area contributed by atoms with Gasteiger partial charge < -0.3 is 10.1 Å². The van der Waals surface area contributed by atoms with E-state index in [4.69, 9.17) is 4.74 Å². The molecule has 0 radical (unpaired) electrons. The van der Waals surface area contributed by atoms with Crippen molar-refractivity contribution in [3.63, 3.8) is 0 Å². The van der Waals surface area contributed by atoms with Crippen LogP contribution in [0, 0.1) is 19.3 Å². The van der Waals surface area contributed by atoms with Crippen LogP contribution in [0.15, 0.2) is 18.2 Å². The van der Waals surface area contributed by atoms with Crippen LogP contribution in [-0.2, 0) is 4.74 Å². The highest BCUT2D eigenvalue weighted by atomic mass is 16.5. The van der Waals surface area contributed by atoms with Crippen LogP contribution in [0.2, 0.25) is 0 Å². The average Bonchev–Trinajstić information content (AvgIpc) is 2.36. The standard InChI is InChI=1S/C18H31NO/c1-8-19-16(17(20-9-2)18(5,6)7)15-11-10-13(3)14(4)12-15/h10-12,16-17,19H,8-9H2,1-7H3. The lowest BCUT2D eigenvalue weighted by atomic mass is 9.81. The van der Waals surface area contributed by atoms with E-state index in [1.54, 1.807) is 0 Å². The number of nitrogens with one attached hydrogen (secondary N) is 1. The Balaban J connectivity index is 3.16. The molecular formula is C18H31NO. The van der Waals surface area contributed by atoms with E-state index in [0.29, 0.717) is 0 Å². The maximum Gasteiger partial charge on any atom is 0.0817 e. The lowest BCUT2D eigenvalue weighted by Crippen LogP contribution is -2.42. The molecule has 1 N–H and O–H groups in total. The summed E-state index contributed by atoms with van der Waals surface area (Å²) < 4.78 is 6.08. The van der Waals surface area contributed by atoms with Gasteiger partial charge >= 0.3 is 0 Å². The molecule has 2 heteroatoms. The number of hydrogen-bond donors (Lipinski definition) is 1. The summed E-state index contributed by atoms with van der Waals surface area (Å²) in [6.07, 6.45) is 0.162. The minimum Gasteiger partial charge on any atom is -0.376 e. The molecule has 0 fully saturated rings. The Hall–Kier alpha value is -0.860. The Labute approximate surface area is 124 Å². The molecule has 0 aromatic heterocycles. The third-order valence-electron chi connectivity index (χ3n) is 3.82. The molecule has 0 heterocycles. The fourth-order valence-corrected chi connectivity index (χ4v) is 2.60. The SMILES string of the molecule is CCNC(c1ccc(C)c(C)c1)C(OCC)C(C)(C)C. The van der Waals surface area contributed by atoms with Crippen LogP contribution in [0.4, 0.5) is 0 Å². The van der Waals surface area contributed by atoms with Crippen LogP contribution in [0.25, 0.3) is 0 Å². The molecule has 0 saturated carbocycles. The van der Waals surface area contributed by atoms with Gasteiger partial charge in [-0.1, -0.05) is 45.9 Å². The largest absolute Gasteiger partial charge is 0.376 e.